The van der Waals surface area contributed by atoms with E-state index in [4.69, 9.17) is 0 Å². The van der Waals surface area contributed by atoms with E-state index >= 15 is 0 Å². The molecule has 3 aromatic rings. The van der Waals surface area contributed by atoms with Crippen LogP contribution in [0, 0.1) is 6.92 Å². The Morgan fingerprint density at radius 3 is 2.23 bits per heavy atom. The lowest BCUT2D eigenvalue weighted by Crippen LogP contribution is -2.06. The first kappa shape index (κ1) is 20.7. The second-order valence-corrected chi connectivity index (χ2v) is 8.13. The lowest BCUT2D eigenvalue weighted by Gasteiger charge is -2.21. The van der Waals surface area contributed by atoms with Crippen LogP contribution in [0.4, 0.5) is 0 Å². The van der Waals surface area contributed by atoms with Gasteiger partial charge < -0.3 is 0 Å². The van der Waals surface area contributed by atoms with Gasteiger partial charge in [-0.05, 0) is 43.0 Å². The Morgan fingerprint density at radius 1 is 0.806 bits per heavy atom. The summed E-state index contributed by atoms with van der Waals surface area (Å²) in [6.45, 7) is 3.62. The van der Waals surface area contributed by atoms with E-state index in [1.165, 1.54) is 34.8 Å². The number of aryl methyl sites for hydroxylation is 1. The third-order valence-corrected chi connectivity index (χ3v) is 5.91. The van der Waals surface area contributed by atoms with E-state index in [1.807, 2.05) is 6.07 Å². The highest BCUT2D eigenvalue weighted by Gasteiger charge is 2.26. The van der Waals surface area contributed by atoms with E-state index in [2.05, 4.69) is 67.6 Å². The highest BCUT2D eigenvalue weighted by atomic mass is 16.1. The Morgan fingerprint density at radius 2 is 1.52 bits per heavy atom. The SMILES string of the molecule is CC(=O)c1cccc(C(=O)CCC2=CC=C(c3ccccc3)C2c2ccc(C)cc2)c1. The van der Waals surface area contributed by atoms with Crippen LogP contribution < -0.4 is 0 Å². The molecular formula is C29H26O2. The summed E-state index contributed by atoms with van der Waals surface area (Å²) in [5, 5.41) is 0. The van der Waals surface area contributed by atoms with Crippen molar-refractivity contribution in [3.63, 3.8) is 0 Å². The molecule has 154 valence electrons. The number of carbonyl (C=O) groups is 2. The molecule has 0 bridgehead atoms. The van der Waals surface area contributed by atoms with Gasteiger partial charge in [0.05, 0.1) is 0 Å². The van der Waals surface area contributed by atoms with Gasteiger partial charge in [0.2, 0.25) is 0 Å². The van der Waals surface area contributed by atoms with Gasteiger partial charge in [0.1, 0.15) is 0 Å². The summed E-state index contributed by atoms with van der Waals surface area (Å²) in [6.07, 6.45) is 5.47. The molecule has 1 aliphatic rings. The third-order valence-electron chi connectivity index (χ3n) is 5.91. The van der Waals surface area contributed by atoms with Crippen molar-refractivity contribution in [1.29, 1.82) is 0 Å². The van der Waals surface area contributed by atoms with E-state index < -0.39 is 0 Å². The summed E-state index contributed by atoms with van der Waals surface area (Å²) in [7, 11) is 0. The molecule has 4 rings (SSSR count). The van der Waals surface area contributed by atoms with Gasteiger partial charge in [0, 0.05) is 23.5 Å². The summed E-state index contributed by atoms with van der Waals surface area (Å²) < 4.78 is 0. The number of rotatable bonds is 7. The summed E-state index contributed by atoms with van der Waals surface area (Å²) in [5.74, 6) is 0.198. The fourth-order valence-corrected chi connectivity index (χ4v) is 4.18. The van der Waals surface area contributed by atoms with Crippen molar-refractivity contribution in [3.8, 4) is 0 Å². The van der Waals surface area contributed by atoms with Gasteiger partial charge in [-0.15, -0.1) is 0 Å². The van der Waals surface area contributed by atoms with Gasteiger partial charge in [0.25, 0.3) is 0 Å². The molecular weight excluding hydrogens is 380 g/mol. The molecule has 0 saturated heterocycles. The molecule has 1 aliphatic carbocycles. The Kier molecular flexibility index (Phi) is 6.08. The maximum atomic E-state index is 12.9. The average Bonchev–Trinajstić information content (AvgIpc) is 3.22. The lowest BCUT2D eigenvalue weighted by atomic mass is 9.82. The molecule has 31 heavy (non-hydrogen) atoms. The van der Waals surface area contributed by atoms with Crippen molar-refractivity contribution in [2.24, 2.45) is 0 Å². The maximum absolute atomic E-state index is 12.9. The third kappa shape index (κ3) is 4.64. The molecule has 1 atom stereocenters. The minimum atomic E-state index is -0.0238. The summed E-state index contributed by atoms with van der Waals surface area (Å²) in [6, 6.07) is 26.1. The number of hydrogen-bond acceptors (Lipinski definition) is 2. The Balaban J connectivity index is 1.56. The monoisotopic (exact) mass is 406 g/mol. The van der Waals surface area contributed by atoms with Crippen LogP contribution in [0.5, 0.6) is 0 Å². The quantitative estimate of drug-likeness (QED) is 0.397. The fraction of sp³-hybridized carbons (Fsp3) is 0.172. The van der Waals surface area contributed by atoms with Crippen LogP contribution in [0.25, 0.3) is 5.57 Å². The van der Waals surface area contributed by atoms with Crippen LogP contribution in [0.2, 0.25) is 0 Å². The molecule has 0 saturated carbocycles. The van der Waals surface area contributed by atoms with Crippen LogP contribution >= 0.6 is 0 Å². The molecule has 0 aromatic heterocycles. The Bertz CT molecular complexity index is 1160. The number of allylic oxidation sites excluding steroid dienone is 4. The second-order valence-electron chi connectivity index (χ2n) is 8.13. The standard InChI is InChI=1S/C29H26O2/c1-20-11-13-23(14-12-20)29-24(15-17-27(29)22-7-4-3-5-8-22)16-18-28(31)26-10-6-9-25(19-26)21(2)30/h3-15,17,19,29H,16,18H2,1-2H3. The zero-order valence-electron chi connectivity index (χ0n) is 18.0. The predicted octanol–water partition coefficient (Wildman–Crippen LogP) is 6.97. The molecule has 0 N–H and O–H groups in total. The van der Waals surface area contributed by atoms with Crippen LogP contribution in [0.1, 0.15) is 63.1 Å². The molecule has 0 spiro atoms. The first-order valence-electron chi connectivity index (χ1n) is 10.7. The molecule has 1 unspecified atom stereocenters. The van der Waals surface area contributed by atoms with E-state index in [0.29, 0.717) is 24.0 Å². The smallest absolute Gasteiger partial charge is 0.163 e. The maximum Gasteiger partial charge on any atom is 0.163 e. The van der Waals surface area contributed by atoms with Crippen LogP contribution in [0.15, 0.2) is 96.6 Å². The minimum absolute atomic E-state index is 0.0238. The zero-order chi connectivity index (χ0) is 21.8. The molecule has 0 amide bonds. The van der Waals surface area contributed by atoms with E-state index in [9.17, 15) is 9.59 Å². The molecule has 0 radical (unpaired) electrons. The van der Waals surface area contributed by atoms with Gasteiger partial charge in [-0.3, -0.25) is 9.59 Å². The topological polar surface area (TPSA) is 34.1 Å². The normalized spacial score (nSPS) is 15.4. The van der Waals surface area contributed by atoms with Crippen LogP contribution in [-0.2, 0) is 0 Å². The van der Waals surface area contributed by atoms with Gasteiger partial charge in [-0.2, -0.15) is 0 Å². The van der Waals surface area contributed by atoms with Gasteiger partial charge in [-0.1, -0.05) is 96.1 Å². The highest BCUT2D eigenvalue weighted by molar-refractivity contribution is 6.00. The molecule has 2 heteroatoms. The zero-order valence-corrected chi connectivity index (χ0v) is 18.0. The first-order valence-corrected chi connectivity index (χ1v) is 10.7. The fourth-order valence-electron chi connectivity index (χ4n) is 4.18. The van der Waals surface area contributed by atoms with Crippen LogP contribution in [-0.4, -0.2) is 11.6 Å². The Labute approximate surface area is 183 Å². The minimum Gasteiger partial charge on any atom is -0.295 e. The van der Waals surface area contributed by atoms with Crippen LogP contribution in [0.3, 0.4) is 0 Å². The largest absolute Gasteiger partial charge is 0.295 e. The molecule has 3 aromatic carbocycles. The van der Waals surface area contributed by atoms with Gasteiger partial charge >= 0.3 is 0 Å². The van der Waals surface area contributed by atoms with E-state index in [0.717, 1.165) is 0 Å². The molecule has 0 aliphatic heterocycles. The van der Waals surface area contributed by atoms with Gasteiger partial charge in [-0.25, -0.2) is 0 Å². The van der Waals surface area contributed by atoms with Gasteiger partial charge in [0.15, 0.2) is 11.6 Å². The number of hydrogen-bond donors (Lipinski definition) is 0. The highest BCUT2D eigenvalue weighted by Crippen LogP contribution is 2.43. The van der Waals surface area contributed by atoms with E-state index in [-0.39, 0.29) is 17.5 Å². The molecule has 0 heterocycles. The van der Waals surface area contributed by atoms with Crippen molar-refractivity contribution in [3.05, 3.63) is 124 Å². The lowest BCUT2D eigenvalue weighted by molar-refractivity contribution is 0.0982. The molecule has 2 nitrogen and oxygen atoms in total. The van der Waals surface area contributed by atoms with Crippen molar-refractivity contribution >= 4 is 17.1 Å². The van der Waals surface area contributed by atoms with E-state index in [1.54, 1.807) is 24.3 Å². The summed E-state index contributed by atoms with van der Waals surface area (Å²) >= 11 is 0. The number of ketones is 2. The Hall–Kier alpha value is -3.52. The van der Waals surface area contributed by atoms with Crippen molar-refractivity contribution < 1.29 is 9.59 Å². The van der Waals surface area contributed by atoms with Crippen molar-refractivity contribution in [2.45, 2.75) is 32.6 Å². The summed E-state index contributed by atoms with van der Waals surface area (Å²) in [4.78, 5) is 24.5. The van der Waals surface area contributed by atoms with Crippen molar-refractivity contribution in [1.82, 2.24) is 0 Å². The average molecular weight is 407 g/mol. The van der Waals surface area contributed by atoms with Crippen molar-refractivity contribution in [2.75, 3.05) is 0 Å². The molecule has 0 fully saturated rings. The summed E-state index contributed by atoms with van der Waals surface area (Å²) in [5.41, 5.74) is 7.39. The first-order chi connectivity index (χ1) is 15.0. The predicted molar refractivity (Wildman–Crippen MR) is 126 cm³/mol. The number of carbonyl (C=O) groups excluding carboxylic acids is 2. The second kappa shape index (κ2) is 9.09. The number of benzene rings is 3. The number of Topliss-reactive ketones (excluding diaryl/α,β-unsaturated/α-hetero) is 2.